The summed E-state index contributed by atoms with van der Waals surface area (Å²) in [7, 11) is 0. The molecule has 53 heavy (non-hydrogen) atoms. The summed E-state index contributed by atoms with van der Waals surface area (Å²) in [6.45, 7) is 4.25. The molecule has 6 aromatic rings. The first-order valence-electron chi connectivity index (χ1n) is 16.5. The predicted molar refractivity (Wildman–Crippen MR) is 201 cm³/mol. The van der Waals surface area contributed by atoms with E-state index in [1.165, 1.54) is 24.3 Å². The lowest BCUT2D eigenvalue weighted by Gasteiger charge is -2.26. The number of carboxylic acid groups (broad SMARTS) is 2. The van der Waals surface area contributed by atoms with Crippen LogP contribution in [0.5, 0.6) is 23.0 Å². The Morgan fingerprint density at radius 1 is 0.434 bits per heavy atom. The molecule has 0 aliphatic heterocycles. The Bertz CT molecular complexity index is 2120. The maximum atomic E-state index is 12.7. The predicted octanol–water partition coefficient (Wildman–Crippen LogP) is 9.50. The second-order valence-electron chi connectivity index (χ2n) is 12.5. The van der Waals surface area contributed by atoms with Crippen molar-refractivity contribution in [3.8, 4) is 23.0 Å². The van der Waals surface area contributed by atoms with Crippen molar-refractivity contribution in [1.82, 2.24) is 0 Å². The minimum Gasteiger partial charge on any atom is -0.478 e. The van der Waals surface area contributed by atoms with Crippen LogP contribution < -0.4 is 20.1 Å². The fourth-order valence-corrected chi connectivity index (χ4v) is 5.66. The first kappa shape index (κ1) is 35.6. The molecule has 0 aliphatic rings. The van der Waals surface area contributed by atoms with Crippen molar-refractivity contribution in [2.75, 3.05) is 10.6 Å². The van der Waals surface area contributed by atoms with Gasteiger partial charge < -0.3 is 30.3 Å². The Morgan fingerprint density at radius 2 is 0.717 bits per heavy atom. The first-order valence-corrected chi connectivity index (χ1v) is 16.5. The Kier molecular flexibility index (Phi) is 10.3. The quantitative estimate of drug-likeness (QED) is 0.0982. The molecule has 0 saturated heterocycles. The van der Waals surface area contributed by atoms with Crippen LogP contribution in [0.4, 0.5) is 11.4 Å². The fourth-order valence-electron chi connectivity index (χ4n) is 5.66. The molecule has 0 fully saturated rings. The van der Waals surface area contributed by atoms with E-state index in [4.69, 9.17) is 9.47 Å². The molecule has 4 N–H and O–H groups in total. The molecule has 0 saturated carbocycles. The van der Waals surface area contributed by atoms with E-state index in [1.54, 1.807) is 72.8 Å². The number of carbonyl (C=O) groups excluding carboxylic acids is 2. The van der Waals surface area contributed by atoms with E-state index in [0.29, 0.717) is 34.4 Å². The second kappa shape index (κ2) is 15.4. The standard InChI is InChI=1S/C43H34N2O8/c1-43(2,27-11-19-31(20-12-27)52-33-23-15-29(16-24-33)44-39(46)35-7-3-5-9-37(35)41(48)49)28-13-21-32(22-14-28)53-34-25-17-30(18-26-34)45-40(47)36-8-4-6-10-38(36)42(50)51/h3-26H,1-2H3,(H,44,46)(H,45,47)(H,48,49)(H,50,51). The third-order valence-corrected chi connectivity index (χ3v) is 8.65. The molecule has 0 radical (unpaired) electrons. The van der Waals surface area contributed by atoms with Gasteiger partial charge in [-0.25, -0.2) is 9.59 Å². The highest BCUT2D eigenvalue weighted by molar-refractivity contribution is 6.11. The number of hydrogen-bond acceptors (Lipinski definition) is 6. The van der Waals surface area contributed by atoms with Crippen LogP contribution in [0.15, 0.2) is 146 Å². The third kappa shape index (κ3) is 8.41. The average Bonchev–Trinajstić information content (AvgIpc) is 3.16. The van der Waals surface area contributed by atoms with Crippen LogP contribution in [0.1, 0.15) is 66.4 Å². The van der Waals surface area contributed by atoms with E-state index in [1.807, 2.05) is 48.5 Å². The SMILES string of the molecule is CC(C)(c1ccc(Oc2ccc(NC(=O)c3ccccc3C(=O)O)cc2)cc1)c1ccc(Oc2ccc(NC(=O)c3ccccc3C(=O)O)cc2)cc1. The minimum atomic E-state index is -1.17. The Morgan fingerprint density at radius 3 is 1.02 bits per heavy atom. The van der Waals surface area contributed by atoms with Crippen LogP contribution in [0.3, 0.4) is 0 Å². The van der Waals surface area contributed by atoms with E-state index >= 15 is 0 Å². The Balaban J connectivity index is 1.03. The molecular weight excluding hydrogens is 672 g/mol. The van der Waals surface area contributed by atoms with Crippen LogP contribution in [0.2, 0.25) is 0 Å². The van der Waals surface area contributed by atoms with E-state index < -0.39 is 23.8 Å². The van der Waals surface area contributed by atoms with Crippen LogP contribution >= 0.6 is 0 Å². The summed E-state index contributed by atoms with van der Waals surface area (Å²) in [6, 6.07) is 41.3. The van der Waals surface area contributed by atoms with Crippen LogP contribution in [0.25, 0.3) is 0 Å². The molecule has 2 amide bonds. The smallest absolute Gasteiger partial charge is 0.336 e. The Hall–Kier alpha value is -7.20. The average molecular weight is 707 g/mol. The number of rotatable bonds is 12. The maximum Gasteiger partial charge on any atom is 0.336 e. The number of aromatic carboxylic acids is 2. The molecular formula is C43H34N2O8. The maximum absolute atomic E-state index is 12.7. The number of carboxylic acids is 2. The topological polar surface area (TPSA) is 151 Å². The summed E-state index contributed by atoms with van der Waals surface area (Å²) >= 11 is 0. The van der Waals surface area contributed by atoms with Gasteiger partial charge in [-0.3, -0.25) is 9.59 Å². The molecule has 0 heterocycles. The molecule has 264 valence electrons. The van der Waals surface area contributed by atoms with Crippen molar-refractivity contribution >= 4 is 35.1 Å². The van der Waals surface area contributed by atoms with Crippen LogP contribution in [-0.2, 0) is 5.41 Å². The number of carbonyl (C=O) groups is 4. The van der Waals surface area contributed by atoms with Gasteiger partial charge in [-0.05, 0) is 108 Å². The van der Waals surface area contributed by atoms with Gasteiger partial charge in [-0.15, -0.1) is 0 Å². The molecule has 0 atom stereocenters. The number of hydrogen-bond donors (Lipinski definition) is 4. The van der Waals surface area contributed by atoms with Crippen molar-refractivity contribution < 1.29 is 38.9 Å². The zero-order chi connectivity index (χ0) is 37.5. The van der Waals surface area contributed by atoms with E-state index in [0.717, 1.165) is 11.1 Å². The van der Waals surface area contributed by atoms with Gasteiger partial charge >= 0.3 is 11.9 Å². The van der Waals surface area contributed by atoms with Crippen molar-refractivity contribution in [2.45, 2.75) is 19.3 Å². The number of benzene rings is 6. The molecule has 0 unspecified atom stereocenters. The summed E-state index contributed by atoms with van der Waals surface area (Å²) < 4.78 is 12.1. The molecule has 0 aromatic heterocycles. The zero-order valence-corrected chi connectivity index (χ0v) is 28.7. The monoisotopic (exact) mass is 706 g/mol. The molecule has 10 heteroatoms. The number of ether oxygens (including phenoxy) is 2. The normalized spacial score (nSPS) is 10.9. The number of amides is 2. The summed E-state index contributed by atoms with van der Waals surface area (Å²) in [4.78, 5) is 48.3. The second-order valence-corrected chi connectivity index (χ2v) is 12.5. The highest BCUT2D eigenvalue weighted by Gasteiger charge is 2.23. The highest BCUT2D eigenvalue weighted by Crippen LogP contribution is 2.35. The summed E-state index contributed by atoms with van der Waals surface area (Å²) in [5, 5.41) is 24.2. The van der Waals surface area contributed by atoms with Crippen molar-refractivity contribution in [2.24, 2.45) is 0 Å². The molecule has 6 aromatic carbocycles. The number of anilines is 2. The fraction of sp³-hybridized carbons (Fsp3) is 0.0698. The summed E-state index contributed by atoms with van der Waals surface area (Å²) in [6.07, 6.45) is 0. The van der Waals surface area contributed by atoms with Crippen LogP contribution in [-0.4, -0.2) is 34.0 Å². The van der Waals surface area contributed by atoms with Crippen molar-refractivity contribution in [3.05, 3.63) is 179 Å². The highest BCUT2D eigenvalue weighted by atomic mass is 16.5. The van der Waals surface area contributed by atoms with Crippen molar-refractivity contribution in [3.63, 3.8) is 0 Å². The van der Waals surface area contributed by atoms with Gasteiger partial charge in [0.05, 0.1) is 22.3 Å². The van der Waals surface area contributed by atoms with E-state index in [9.17, 15) is 29.4 Å². The molecule has 0 spiro atoms. The molecule has 0 aliphatic carbocycles. The minimum absolute atomic E-state index is 0.0722. The number of nitrogens with one attached hydrogen (secondary N) is 2. The van der Waals surface area contributed by atoms with E-state index in [-0.39, 0.29) is 27.7 Å². The van der Waals surface area contributed by atoms with Gasteiger partial charge in [-0.1, -0.05) is 62.4 Å². The summed E-state index contributed by atoms with van der Waals surface area (Å²) in [5.41, 5.74) is 2.80. The van der Waals surface area contributed by atoms with Gasteiger partial charge in [0.1, 0.15) is 23.0 Å². The lowest BCUT2D eigenvalue weighted by Crippen LogP contribution is -2.18. The van der Waals surface area contributed by atoms with Crippen molar-refractivity contribution in [1.29, 1.82) is 0 Å². The Labute approximate surface area is 305 Å². The van der Waals surface area contributed by atoms with Gasteiger partial charge in [0.2, 0.25) is 0 Å². The van der Waals surface area contributed by atoms with Gasteiger partial charge in [-0.2, -0.15) is 0 Å². The lowest BCUT2D eigenvalue weighted by molar-refractivity contribution is 0.0683. The molecule has 6 rings (SSSR count). The largest absolute Gasteiger partial charge is 0.478 e. The third-order valence-electron chi connectivity index (χ3n) is 8.65. The molecule has 0 bridgehead atoms. The van der Waals surface area contributed by atoms with Gasteiger partial charge in [0, 0.05) is 16.8 Å². The zero-order valence-electron chi connectivity index (χ0n) is 28.7. The summed E-state index contributed by atoms with van der Waals surface area (Å²) in [5.74, 6) is -0.977. The van der Waals surface area contributed by atoms with E-state index in [2.05, 4.69) is 24.5 Å². The molecule has 10 nitrogen and oxygen atoms in total. The van der Waals surface area contributed by atoms with Crippen LogP contribution in [0, 0.1) is 0 Å². The first-order chi connectivity index (χ1) is 25.5. The lowest BCUT2D eigenvalue weighted by atomic mass is 9.78. The van der Waals surface area contributed by atoms with Gasteiger partial charge in [0.25, 0.3) is 11.8 Å². The van der Waals surface area contributed by atoms with Gasteiger partial charge in [0.15, 0.2) is 0 Å².